The average Bonchev–Trinajstić information content (AvgIpc) is 3.36. The Morgan fingerprint density at radius 3 is 2.60 bits per heavy atom. The van der Waals surface area contributed by atoms with Crippen LogP contribution in [0.25, 0.3) is 11.3 Å². The molecule has 5 rings (SSSR count). The van der Waals surface area contributed by atoms with Crippen LogP contribution in [0.1, 0.15) is 19.3 Å². The van der Waals surface area contributed by atoms with Gasteiger partial charge in [0.15, 0.2) is 0 Å². The first kappa shape index (κ1) is 18.8. The van der Waals surface area contributed by atoms with E-state index in [0.717, 1.165) is 42.4 Å². The molecule has 0 radical (unpaired) electrons. The standard InChI is InChI=1S/C22H26N8/c1-2-13-29(14-3-1)20-6-4-5-17(15-20)21-11-12-23-22(26-21)25-18-7-9-19(10-8-18)30-16-24-27-28-30/h4-12,15,24,27-28H,1-3,13-14,16H2,(H,23,25,26)/p+1. The first-order valence-electron chi connectivity index (χ1n) is 10.5. The molecule has 0 atom stereocenters. The smallest absolute Gasteiger partial charge is 0.227 e. The molecule has 2 aliphatic rings. The zero-order chi connectivity index (χ0) is 20.2. The third-order valence-corrected chi connectivity index (χ3v) is 5.55. The minimum atomic E-state index is 0.597. The predicted octanol–water partition coefficient (Wildman–Crippen LogP) is 2.14. The van der Waals surface area contributed by atoms with Gasteiger partial charge in [-0.1, -0.05) is 17.7 Å². The summed E-state index contributed by atoms with van der Waals surface area (Å²) in [4.78, 5) is 11.6. The van der Waals surface area contributed by atoms with Crippen LogP contribution in [0.5, 0.6) is 0 Å². The highest BCUT2D eigenvalue weighted by atomic mass is 15.9. The van der Waals surface area contributed by atoms with Gasteiger partial charge in [0.2, 0.25) is 5.95 Å². The summed E-state index contributed by atoms with van der Waals surface area (Å²) >= 11 is 0. The van der Waals surface area contributed by atoms with Crippen molar-refractivity contribution in [2.24, 2.45) is 0 Å². The number of aromatic nitrogens is 2. The first-order valence-corrected chi connectivity index (χ1v) is 10.5. The number of hydrogen-bond acceptors (Lipinski definition) is 7. The summed E-state index contributed by atoms with van der Waals surface area (Å²) in [5, 5.41) is 5.41. The normalized spacial score (nSPS) is 16.7. The van der Waals surface area contributed by atoms with E-state index in [1.807, 2.05) is 29.9 Å². The van der Waals surface area contributed by atoms with Crippen LogP contribution in [0.4, 0.5) is 23.0 Å². The number of quaternary nitrogens is 1. The molecule has 2 saturated heterocycles. The third kappa shape index (κ3) is 4.20. The van der Waals surface area contributed by atoms with Crippen LogP contribution in [-0.2, 0) is 0 Å². The van der Waals surface area contributed by atoms with E-state index >= 15 is 0 Å². The first-order chi connectivity index (χ1) is 14.8. The number of hydrogen-bond donors (Lipinski definition) is 4. The van der Waals surface area contributed by atoms with E-state index in [9.17, 15) is 0 Å². The van der Waals surface area contributed by atoms with Crippen molar-refractivity contribution in [1.29, 1.82) is 0 Å². The van der Waals surface area contributed by atoms with Crippen LogP contribution >= 0.6 is 0 Å². The Kier molecular flexibility index (Phi) is 5.43. The average molecular weight is 404 g/mol. The Bertz CT molecular complexity index is 978. The van der Waals surface area contributed by atoms with E-state index in [4.69, 9.17) is 4.98 Å². The minimum Gasteiger partial charge on any atom is -0.372 e. The van der Waals surface area contributed by atoms with E-state index < -0.39 is 0 Å². The van der Waals surface area contributed by atoms with Crippen molar-refractivity contribution in [3.05, 3.63) is 60.8 Å². The number of nitrogens with two attached hydrogens (primary N) is 1. The summed E-state index contributed by atoms with van der Waals surface area (Å²) in [7, 11) is 0. The lowest BCUT2D eigenvalue weighted by molar-refractivity contribution is -0.707. The van der Waals surface area contributed by atoms with Crippen molar-refractivity contribution >= 4 is 23.0 Å². The molecular formula is C22H27N8+. The molecule has 0 spiro atoms. The fraction of sp³-hybridized carbons (Fsp3) is 0.273. The van der Waals surface area contributed by atoms with Crippen molar-refractivity contribution < 1.29 is 5.53 Å². The molecule has 0 amide bonds. The number of piperidine rings is 1. The molecule has 0 unspecified atom stereocenters. The van der Waals surface area contributed by atoms with Gasteiger partial charge < -0.3 is 10.2 Å². The van der Waals surface area contributed by atoms with Gasteiger partial charge in [-0.2, -0.15) is 16.0 Å². The maximum Gasteiger partial charge on any atom is 0.227 e. The molecule has 0 saturated carbocycles. The molecule has 154 valence electrons. The van der Waals surface area contributed by atoms with Crippen molar-refractivity contribution in [2.75, 3.05) is 35.0 Å². The largest absolute Gasteiger partial charge is 0.372 e. The van der Waals surface area contributed by atoms with Crippen LogP contribution in [0.3, 0.4) is 0 Å². The molecule has 0 aliphatic carbocycles. The van der Waals surface area contributed by atoms with Gasteiger partial charge in [0.25, 0.3) is 0 Å². The van der Waals surface area contributed by atoms with Gasteiger partial charge >= 0.3 is 0 Å². The maximum atomic E-state index is 4.75. The molecule has 30 heavy (non-hydrogen) atoms. The van der Waals surface area contributed by atoms with Gasteiger partial charge in [-0.25, -0.2) is 9.97 Å². The van der Waals surface area contributed by atoms with Crippen LogP contribution in [0.2, 0.25) is 0 Å². The zero-order valence-corrected chi connectivity index (χ0v) is 16.9. The number of nitrogens with one attached hydrogen (secondary N) is 3. The van der Waals surface area contributed by atoms with Gasteiger partial charge in [-0.15, -0.1) is 0 Å². The lowest BCUT2D eigenvalue weighted by atomic mass is 10.1. The van der Waals surface area contributed by atoms with Gasteiger partial charge in [0, 0.05) is 36.2 Å². The molecule has 2 aliphatic heterocycles. The van der Waals surface area contributed by atoms with Crippen molar-refractivity contribution in [2.45, 2.75) is 19.3 Å². The lowest BCUT2D eigenvalue weighted by Crippen LogP contribution is -2.98. The summed E-state index contributed by atoms with van der Waals surface area (Å²) in [6, 6.07) is 18.8. The fourth-order valence-corrected chi connectivity index (χ4v) is 3.92. The maximum absolute atomic E-state index is 4.75. The van der Waals surface area contributed by atoms with E-state index in [0.29, 0.717) is 5.95 Å². The van der Waals surface area contributed by atoms with Gasteiger partial charge in [0.05, 0.1) is 11.4 Å². The number of rotatable bonds is 5. The molecule has 8 heteroatoms. The van der Waals surface area contributed by atoms with Crippen molar-refractivity contribution in [3.63, 3.8) is 0 Å². The Labute approximate surface area is 176 Å². The summed E-state index contributed by atoms with van der Waals surface area (Å²) < 4.78 is 0. The highest BCUT2D eigenvalue weighted by Gasteiger charge is 2.15. The van der Waals surface area contributed by atoms with Crippen molar-refractivity contribution in [1.82, 2.24) is 20.9 Å². The van der Waals surface area contributed by atoms with Crippen LogP contribution < -0.4 is 31.7 Å². The molecule has 2 fully saturated rings. The Morgan fingerprint density at radius 1 is 0.933 bits per heavy atom. The van der Waals surface area contributed by atoms with Crippen molar-refractivity contribution in [3.8, 4) is 11.3 Å². The molecule has 1 aromatic heterocycles. The van der Waals surface area contributed by atoms with E-state index in [-0.39, 0.29) is 0 Å². The Balaban J connectivity index is 1.32. The topological polar surface area (TPSA) is 85.0 Å². The third-order valence-electron chi connectivity index (χ3n) is 5.55. The molecule has 5 N–H and O–H groups in total. The van der Waals surface area contributed by atoms with Gasteiger partial charge in [-0.3, -0.25) is 0 Å². The minimum absolute atomic E-state index is 0.597. The van der Waals surface area contributed by atoms with E-state index in [2.05, 4.69) is 67.6 Å². The summed E-state index contributed by atoms with van der Waals surface area (Å²) in [6.07, 6.45) is 5.69. The Hall–Kier alpha value is -3.20. The zero-order valence-electron chi connectivity index (χ0n) is 16.9. The highest BCUT2D eigenvalue weighted by molar-refractivity contribution is 5.67. The molecule has 2 aromatic carbocycles. The molecular weight excluding hydrogens is 376 g/mol. The van der Waals surface area contributed by atoms with Crippen LogP contribution in [-0.4, -0.2) is 29.7 Å². The predicted molar refractivity (Wildman–Crippen MR) is 119 cm³/mol. The Morgan fingerprint density at radius 2 is 1.80 bits per heavy atom. The second-order valence-electron chi connectivity index (χ2n) is 7.61. The highest BCUT2D eigenvalue weighted by Crippen LogP contribution is 2.26. The summed E-state index contributed by atoms with van der Waals surface area (Å²) in [5.74, 6) is 0.597. The molecule has 3 heterocycles. The number of anilines is 4. The van der Waals surface area contributed by atoms with E-state index in [1.165, 1.54) is 24.9 Å². The summed E-state index contributed by atoms with van der Waals surface area (Å²) in [6.45, 7) is 3.02. The lowest BCUT2D eigenvalue weighted by Gasteiger charge is -2.29. The van der Waals surface area contributed by atoms with Crippen LogP contribution in [0, 0.1) is 0 Å². The molecule has 8 nitrogen and oxygen atoms in total. The monoisotopic (exact) mass is 403 g/mol. The number of benzene rings is 2. The second kappa shape index (κ2) is 8.66. The number of hydrazine groups is 1. The second-order valence-corrected chi connectivity index (χ2v) is 7.61. The molecule has 3 aromatic rings. The molecule has 0 bridgehead atoms. The van der Waals surface area contributed by atoms with Gasteiger partial charge in [0.1, 0.15) is 6.67 Å². The van der Waals surface area contributed by atoms with E-state index in [1.54, 1.807) is 0 Å². The van der Waals surface area contributed by atoms with Crippen LogP contribution in [0.15, 0.2) is 60.8 Å². The van der Waals surface area contributed by atoms with Gasteiger partial charge in [-0.05, 0) is 61.7 Å². The number of nitrogens with zero attached hydrogens (tertiary/aromatic N) is 4. The summed E-state index contributed by atoms with van der Waals surface area (Å²) in [5.41, 5.74) is 13.3. The quantitative estimate of drug-likeness (QED) is 0.486. The fourth-order valence-electron chi connectivity index (χ4n) is 3.92. The SMILES string of the molecule is c1cc(-c2ccnc(Nc3ccc(N4CNN[NH2+]4)cc3)n2)cc(N2CCCCC2)c1.